The Morgan fingerprint density at radius 3 is 2.68 bits per heavy atom. The van der Waals surface area contributed by atoms with Crippen molar-refractivity contribution in [3.05, 3.63) is 69.1 Å². The number of nitrogens with one attached hydrogen (secondary N) is 2. The van der Waals surface area contributed by atoms with E-state index in [-0.39, 0.29) is 34.5 Å². The van der Waals surface area contributed by atoms with Gasteiger partial charge in [0.15, 0.2) is 6.61 Å². The van der Waals surface area contributed by atoms with Crippen molar-refractivity contribution in [1.29, 1.82) is 0 Å². The van der Waals surface area contributed by atoms with Crippen LogP contribution in [0, 0.1) is 11.3 Å². The number of fused-ring (bicyclic) bond motifs is 3. The molecule has 3 unspecified atom stereocenters. The van der Waals surface area contributed by atoms with Crippen LogP contribution in [-0.2, 0) is 21.4 Å². The van der Waals surface area contributed by atoms with Crippen molar-refractivity contribution >= 4 is 11.9 Å². The lowest BCUT2D eigenvalue weighted by atomic mass is 9.49. The van der Waals surface area contributed by atoms with E-state index in [1.54, 1.807) is 0 Å². The largest absolute Gasteiger partial charge is 0.452 e. The molecule has 1 saturated carbocycles. The van der Waals surface area contributed by atoms with Crippen LogP contribution in [0.25, 0.3) is 0 Å². The first-order valence-corrected chi connectivity index (χ1v) is 12.4. The van der Waals surface area contributed by atoms with Crippen LogP contribution in [0.15, 0.2) is 41.3 Å². The molecule has 6 nitrogen and oxygen atoms in total. The summed E-state index contributed by atoms with van der Waals surface area (Å²) in [6.45, 7) is 9.43. The Morgan fingerprint density at radius 2 is 1.97 bits per heavy atom. The number of carbonyl (C=O) groups is 2. The van der Waals surface area contributed by atoms with E-state index in [2.05, 4.69) is 56.2 Å². The fourth-order valence-electron chi connectivity index (χ4n) is 6.32. The summed E-state index contributed by atoms with van der Waals surface area (Å²) in [5.41, 5.74) is 4.39. The number of benzene rings is 1. The zero-order chi connectivity index (χ0) is 24.5. The third kappa shape index (κ3) is 4.68. The van der Waals surface area contributed by atoms with Crippen LogP contribution in [-0.4, -0.2) is 30.0 Å². The van der Waals surface area contributed by atoms with Gasteiger partial charge >= 0.3 is 5.97 Å². The summed E-state index contributed by atoms with van der Waals surface area (Å²) < 4.78 is 5.13. The number of esters is 1. The molecule has 2 aliphatic carbocycles. The van der Waals surface area contributed by atoms with Crippen molar-refractivity contribution in [2.45, 2.75) is 71.1 Å². The van der Waals surface area contributed by atoms with Gasteiger partial charge in [0.1, 0.15) is 0 Å². The average molecular weight is 465 g/mol. The van der Waals surface area contributed by atoms with Crippen molar-refractivity contribution in [3.8, 4) is 0 Å². The van der Waals surface area contributed by atoms with Gasteiger partial charge < -0.3 is 15.0 Å². The van der Waals surface area contributed by atoms with Gasteiger partial charge in [0, 0.05) is 18.8 Å². The molecule has 3 atom stereocenters. The van der Waals surface area contributed by atoms with E-state index < -0.39 is 5.97 Å². The van der Waals surface area contributed by atoms with Crippen molar-refractivity contribution in [1.82, 2.24) is 10.3 Å². The van der Waals surface area contributed by atoms with Gasteiger partial charge in [-0.2, -0.15) is 0 Å². The van der Waals surface area contributed by atoms with Crippen LogP contribution < -0.4 is 10.9 Å². The van der Waals surface area contributed by atoms with E-state index >= 15 is 0 Å². The van der Waals surface area contributed by atoms with Crippen LogP contribution in [0.4, 0.5) is 0 Å². The minimum absolute atomic E-state index is 0.0139. The highest BCUT2D eigenvalue weighted by Crippen LogP contribution is 2.57. The van der Waals surface area contributed by atoms with Gasteiger partial charge in [-0.15, -0.1) is 0 Å². The summed E-state index contributed by atoms with van der Waals surface area (Å²) in [6, 6.07) is 9.70. The molecule has 2 N–H and O–H groups in total. The Balaban J connectivity index is 1.40. The van der Waals surface area contributed by atoms with Gasteiger partial charge in [-0.05, 0) is 71.1 Å². The lowest BCUT2D eigenvalue weighted by Crippen LogP contribution is -2.53. The first-order valence-electron chi connectivity index (χ1n) is 12.4. The van der Waals surface area contributed by atoms with Crippen molar-refractivity contribution < 1.29 is 14.3 Å². The number of amides is 1. The second-order valence-electron chi connectivity index (χ2n) is 10.9. The molecule has 2 aliphatic rings. The van der Waals surface area contributed by atoms with Crippen LogP contribution in [0.2, 0.25) is 0 Å². The lowest BCUT2D eigenvalue weighted by molar-refractivity contribution is -0.125. The fourth-order valence-corrected chi connectivity index (χ4v) is 6.32. The smallest absolute Gasteiger partial charge is 0.340 e. The van der Waals surface area contributed by atoms with Crippen LogP contribution >= 0.6 is 0 Å². The highest BCUT2D eigenvalue weighted by atomic mass is 16.5. The molecule has 1 aromatic carbocycles. The van der Waals surface area contributed by atoms with Gasteiger partial charge in [0.2, 0.25) is 5.56 Å². The second-order valence-corrected chi connectivity index (χ2v) is 10.9. The van der Waals surface area contributed by atoms with Crippen molar-refractivity contribution in [2.24, 2.45) is 11.3 Å². The molecule has 1 aromatic heterocycles. The summed E-state index contributed by atoms with van der Waals surface area (Å²) in [7, 11) is 0. The van der Waals surface area contributed by atoms with E-state index in [1.165, 1.54) is 41.4 Å². The van der Waals surface area contributed by atoms with Gasteiger partial charge in [-0.25, -0.2) is 4.79 Å². The summed E-state index contributed by atoms with van der Waals surface area (Å²) in [5.74, 6) is 0.0765. The Labute approximate surface area is 201 Å². The van der Waals surface area contributed by atoms with Crippen molar-refractivity contribution in [3.63, 3.8) is 0 Å². The maximum absolute atomic E-state index is 12.5. The Hall–Kier alpha value is -2.89. The molecule has 0 bridgehead atoms. The molecule has 1 fully saturated rings. The topological polar surface area (TPSA) is 88.3 Å². The molecule has 34 heavy (non-hydrogen) atoms. The number of ether oxygens (including phenoxy) is 1. The van der Waals surface area contributed by atoms with Crippen LogP contribution in [0.1, 0.15) is 86.3 Å². The lowest BCUT2D eigenvalue weighted by Gasteiger charge is -2.55. The average Bonchev–Trinajstić information content (AvgIpc) is 2.81. The molecule has 6 heteroatoms. The minimum Gasteiger partial charge on any atom is -0.452 e. The number of aromatic amines is 1. The monoisotopic (exact) mass is 464 g/mol. The quantitative estimate of drug-likeness (QED) is 0.617. The Kier molecular flexibility index (Phi) is 6.70. The standard InChI is InChI=1S/C28H36N2O4/c1-18(2)19-6-9-22-20(14-19)7-10-23-27(3,12-5-13-28(22,23)4)17-30-25(32)16-34-26(33)21-8-11-24(31)29-15-21/h6,8-9,11,14-15,18,23H,5,7,10,12-13,16-17H2,1-4H3,(H,29,31)(H,30,32). The molecule has 4 rings (SSSR count). The Morgan fingerprint density at radius 1 is 1.18 bits per heavy atom. The predicted octanol–water partition coefficient (Wildman–Crippen LogP) is 4.48. The number of pyridine rings is 1. The Bertz CT molecular complexity index is 1120. The maximum Gasteiger partial charge on any atom is 0.340 e. The molecular formula is C28H36N2O4. The zero-order valence-electron chi connectivity index (χ0n) is 20.7. The molecule has 2 aromatic rings. The summed E-state index contributed by atoms with van der Waals surface area (Å²) >= 11 is 0. The van der Waals surface area contributed by atoms with Crippen LogP contribution in [0.3, 0.4) is 0 Å². The number of aryl methyl sites for hydroxylation is 1. The van der Waals surface area contributed by atoms with Gasteiger partial charge in [0.05, 0.1) is 5.56 Å². The van der Waals surface area contributed by atoms with Crippen molar-refractivity contribution in [2.75, 3.05) is 13.2 Å². The van der Waals surface area contributed by atoms with Gasteiger partial charge in [-0.1, -0.05) is 52.3 Å². The highest BCUT2D eigenvalue weighted by Gasteiger charge is 2.51. The third-order valence-electron chi connectivity index (χ3n) is 8.21. The molecule has 1 amide bonds. The first-order chi connectivity index (χ1) is 16.1. The van der Waals surface area contributed by atoms with Crippen LogP contribution in [0.5, 0.6) is 0 Å². The molecule has 1 heterocycles. The molecule has 0 spiro atoms. The third-order valence-corrected chi connectivity index (χ3v) is 8.21. The number of hydrogen-bond donors (Lipinski definition) is 2. The SMILES string of the molecule is CC(C)c1ccc2c(c1)CCC1C(C)(CNC(=O)COC(=O)c3ccc(=O)[nH]c3)CCCC21C. The fraction of sp³-hybridized carbons (Fsp3) is 0.536. The summed E-state index contributed by atoms with van der Waals surface area (Å²) in [6.07, 6.45) is 6.87. The molecule has 0 saturated heterocycles. The highest BCUT2D eigenvalue weighted by molar-refractivity contribution is 5.90. The minimum atomic E-state index is -0.632. The number of carbonyl (C=O) groups excluding carboxylic acids is 2. The molecule has 182 valence electrons. The number of hydrogen-bond acceptors (Lipinski definition) is 4. The number of aromatic nitrogens is 1. The molecule has 0 aliphatic heterocycles. The zero-order valence-corrected chi connectivity index (χ0v) is 20.7. The van der Waals surface area contributed by atoms with E-state index in [1.807, 2.05) is 0 Å². The number of rotatable bonds is 6. The normalized spacial score (nSPS) is 25.9. The van der Waals surface area contributed by atoms with E-state index in [0.717, 1.165) is 25.7 Å². The summed E-state index contributed by atoms with van der Waals surface area (Å²) in [5, 5.41) is 3.03. The number of H-pyrrole nitrogens is 1. The van der Waals surface area contributed by atoms with E-state index in [4.69, 9.17) is 4.74 Å². The summed E-state index contributed by atoms with van der Waals surface area (Å²) in [4.78, 5) is 38.2. The van der Waals surface area contributed by atoms with E-state index in [0.29, 0.717) is 18.4 Å². The first kappa shape index (κ1) is 24.2. The molecule has 0 radical (unpaired) electrons. The van der Waals surface area contributed by atoms with Gasteiger partial charge in [-0.3, -0.25) is 9.59 Å². The van der Waals surface area contributed by atoms with Gasteiger partial charge in [0.25, 0.3) is 5.91 Å². The molecular weight excluding hydrogens is 428 g/mol. The van der Waals surface area contributed by atoms with E-state index in [9.17, 15) is 14.4 Å². The second kappa shape index (κ2) is 9.40. The maximum atomic E-state index is 12.5. The predicted molar refractivity (Wildman–Crippen MR) is 132 cm³/mol.